The lowest BCUT2D eigenvalue weighted by molar-refractivity contribution is -0.137. The van der Waals surface area contributed by atoms with E-state index in [9.17, 15) is 31.5 Å². The average molecular weight is 534 g/mol. The summed E-state index contributed by atoms with van der Waals surface area (Å²) in [6.45, 7) is 0. The standard InChI is InChI=1S/C24H13ClF5N5O2/c25-15-2-1-11(26)6-13(15)20-17-16(7-14-19(18(17)23(37)35-20)32-8-33-21(14)31)34-22(36)9-3-10(24(28,29)30)5-12(27)4-9/h1-8,20H,(H,34,36)(H,35,37)(H2,31,32,33). The van der Waals surface area contributed by atoms with Gasteiger partial charge < -0.3 is 16.4 Å². The number of nitrogens with one attached hydrogen (secondary N) is 2. The number of nitrogens with two attached hydrogens (primary N) is 1. The number of fused-ring (bicyclic) bond motifs is 3. The molecule has 0 radical (unpaired) electrons. The topological polar surface area (TPSA) is 110 Å². The van der Waals surface area contributed by atoms with Gasteiger partial charge >= 0.3 is 6.18 Å². The van der Waals surface area contributed by atoms with E-state index in [4.69, 9.17) is 17.3 Å². The maximum Gasteiger partial charge on any atom is 0.416 e. The van der Waals surface area contributed by atoms with Gasteiger partial charge in [0, 0.05) is 32.8 Å². The molecular weight excluding hydrogens is 521 g/mol. The number of aromatic nitrogens is 2. The van der Waals surface area contributed by atoms with Gasteiger partial charge in [-0.2, -0.15) is 13.2 Å². The van der Waals surface area contributed by atoms with Crippen molar-refractivity contribution in [2.75, 3.05) is 11.1 Å². The van der Waals surface area contributed by atoms with E-state index in [2.05, 4.69) is 20.6 Å². The van der Waals surface area contributed by atoms with E-state index in [1.54, 1.807) is 0 Å². The zero-order chi connectivity index (χ0) is 26.6. The van der Waals surface area contributed by atoms with Crippen molar-refractivity contribution in [3.8, 4) is 0 Å². The average Bonchev–Trinajstić information content (AvgIpc) is 3.18. The van der Waals surface area contributed by atoms with Crippen LogP contribution < -0.4 is 16.4 Å². The molecule has 0 spiro atoms. The van der Waals surface area contributed by atoms with Crippen molar-refractivity contribution in [2.24, 2.45) is 0 Å². The predicted molar refractivity (Wildman–Crippen MR) is 124 cm³/mol. The molecule has 7 nitrogen and oxygen atoms in total. The minimum Gasteiger partial charge on any atom is -0.383 e. The lowest BCUT2D eigenvalue weighted by Gasteiger charge is -2.19. The Kier molecular flexibility index (Phi) is 5.71. The molecule has 4 aromatic rings. The lowest BCUT2D eigenvalue weighted by atomic mass is 9.94. The lowest BCUT2D eigenvalue weighted by Crippen LogP contribution is -2.21. The highest BCUT2D eigenvalue weighted by atomic mass is 35.5. The first-order valence-corrected chi connectivity index (χ1v) is 10.8. The first-order valence-electron chi connectivity index (χ1n) is 10.5. The van der Waals surface area contributed by atoms with Gasteiger partial charge in [0.1, 0.15) is 23.8 Å². The third kappa shape index (κ3) is 4.29. The van der Waals surface area contributed by atoms with E-state index in [0.717, 1.165) is 18.5 Å². The van der Waals surface area contributed by atoms with Crippen molar-refractivity contribution in [1.82, 2.24) is 15.3 Å². The van der Waals surface area contributed by atoms with Crippen LogP contribution in [0.2, 0.25) is 5.02 Å². The number of carbonyl (C=O) groups is 2. The Hall–Kier alpha value is -4.32. The van der Waals surface area contributed by atoms with Crippen LogP contribution in [-0.2, 0) is 6.18 Å². The molecule has 1 aliphatic rings. The first-order chi connectivity index (χ1) is 17.4. The number of nitrogen functional groups attached to an aromatic ring is 1. The Morgan fingerprint density at radius 3 is 2.54 bits per heavy atom. The minimum atomic E-state index is -4.90. The van der Waals surface area contributed by atoms with Crippen LogP contribution in [0.4, 0.5) is 33.5 Å². The Labute approximate surface area is 209 Å². The number of carbonyl (C=O) groups excluding carboxylic acids is 2. The van der Waals surface area contributed by atoms with E-state index in [1.807, 2.05) is 0 Å². The smallest absolute Gasteiger partial charge is 0.383 e. The molecule has 1 aromatic heterocycles. The molecule has 0 saturated heterocycles. The van der Waals surface area contributed by atoms with Gasteiger partial charge in [-0.25, -0.2) is 18.7 Å². The van der Waals surface area contributed by atoms with Crippen LogP contribution in [0.1, 0.15) is 43.4 Å². The minimum absolute atomic E-state index is 0.0255. The fourth-order valence-corrected chi connectivity index (χ4v) is 4.42. The maximum absolute atomic E-state index is 14.1. The molecule has 188 valence electrons. The number of anilines is 2. The van der Waals surface area contributed by atoms with Gasteiger partial charge in [0.25, 0.3) is 11.8 Å². The van der Waals surface area contributed by atoms with Gasteiger partial charge in [0.05, 0.1) is 22.7 Å². The summed E-state index contributed by atoms with van der Waals surface area (Å²) in [6.07, 6.45) is -3.78. The number of nitrogens with zero attached hydrogens (tertiary/aromatic N) is 2. The number of amides is 2. The van der Waals surface area contributed by atoms with Crippen molar-refractivity contribution in [2.45, 2.75) is 12.2 Å². The second kappa shape index (κ2) is 8.66. The fraction of sp³-hybridized carbons (Fsp3) is 0.0833. The van der Waals surface area contributed by atoms with Gasteiger partial charge in [-0.05, 0) is 42.5 Å². The highest BCUT2D eigenvalue weighted by molar-refractivity contribution is 6.31. The Bertz CT molecular complexity index is 1630. The van der Waals surface area contributed by atoms with Gasteiger partial charge in [-0.15, -0.1) is 0 Å². The summed E-state index contributed by atoms with van der Waals surface area (Å²) in [4.78, 5) is 34.0. The highest BCUT2D eigenvalue weighted by Crippen LogP contribution is 2.43. The van der Waals surface area contributed by atoms with Crippen LogP contribution >= 0.6 is 11.6 Å². The Morgan fingerprint density at radius 2 is 1.81 bits per heavy atom. The molecule has 1 atom stereocenters. The fourth-order valence-electron chi connectivity index (χ4n) is 4.19. The summed E-state index contributed by atoms with van der Waals surface area (Å²) >= 11 is 6.27. The Balaban J connectivity index is 1.70. The quantitative estimate of drug-likeness (QED) is 0.312. The normalized spacial score (nSPS) is 15.0. The largest absolute Gasteiger partial charge is 0.416 e. The van der Waals surface area contributed by atoms with E-state index in [-0.39, 0.29) is 50.2 Å². The monoisotopic (exact) mass is 533 g/mol. The van der Waals surface area contributed by atoms with Gasteiger partial charge in [-0.1, -0.05) is 11.6 Å². The van der Waals surface area contributed by atoms with Crippen molar-refractivity contribution >= 4 is 45.8 Å². The van der Waals surface area contributed by atoms with Crippen molar-refractivity contribution < 1.29 is 31.5 Å². The molecule has 37 heavy (non-hydrogen) atoms. The number of rotatable bonds is 3. The molecule has 1 aliphatic heterocycles. The molecule has 0 aliphatic carbocycles. The number of hydrogen-bond donors (Lipinski definition) is 3. The van der Waals surface area contributed by atoms with Crippen LogP contribution in [0.5, 0.6) is 0 Å². The SMILES string of the molecule is Nc1ncnc2c3c(c(NC(=O)c4cc(F)cc(C(F)(F)F)c4)cc12)C(c1cc(F)ccc1Cl)NC3=O. The summed E-state index contributed by atoms with van der Waals surface area (Å²) in [5, 5.41) is 5.34. The molecule has 3 aromatic carbocycles. The number of alkyl halides is 3. The van der Waals surface area contributed by atoms with Gasteiger partial charge in [0.2, 0.25) is 0 Å². The molecule has 0 saturated carbocycles. The summed E-state index contributed by atoms with van der Waals surface area (Å²) in [5.41, 5.74) is 4.24. The van der Waals surface area contributed by atoms with Gasteiger partial charge in [-0.3, -0.25) is 9.59 Å². The predicted octanol–water partition coefficient (Wildman–Crippen LogP) is 5.25. The third-order valence-corrected chi connectivity index (χ3v) is 6.14. The summed E-state index contributed by atoms with van der Waals surface area (Å²) in [7, 11) is 0. The van der Waals surface area contributed by atoms with Crippen LogP contribution in [0.25, 0.3) is 10.9 Å². The molecule has 4 N–H and O–H groups in total. The molecule has 0 bridgehead atoms. The summed E-state index contributed by atoms with van der Waals surface area (Å²) in [5.74, 6) is -3.73. The molecule has 2 heterocycles. The number of hydrogen-bond acceptors (Lipinski definition) is 5. The third-order valence-electron chi connectivity index (χ3n) is 5.80. The maximum atomic E-state index is 14.1. The van der Waals surface area contributed by atoms with Crippen LogP contribution in [0.15, 0.2) is 48.8 Å². The number of benzene rings is 3. The van der Waals surface area contributed by atoms with E-state index >= 15 is 0 Å². The molecule has 2 amide bonds. The van der Waals surface area contributed by atoms with Crippen molar-refractivity contribution in [1.29, 1.82) is 0 Å². The second-order valence-electron chi connectivity index (χ2n) is 8.12. The Morgan fingerprint density at radius 1 is 1.05 bits per heavy atom. The highest BCUT2D eigenvalue weighted by Gasteiger charge is 2.37. The van der Waals surface area contributed by atoms with E-state index in [0.29, 0.717) is 12.1 Å². The van der Waals surface area contributed by atoms with Crippen LogP contribution in [0, 0.1) is 11.6 Å². The zero-order valence-electron chi connectivity index (χ0n) is 18.3. The molecular formula is C24H13ClF5N5O2. The molecule has 1 unspecified atom stereocenters. The van der Waals surface area contributed by atoms with Gasteiger partial charge in [0.15, 0.2) is 0 Å². The second-order valence-corrected chi connectivity index (χ2v) is 8.53. The summed E-state index contributed by atoms with van der Waals surface area (Å²) < 4.78 is 67.5. The van der Waals surface area contributed by atoms with E-state index < -0.39 is 46.8 Å². The van der Waals surface area contributed by atoms with Crippen molar-refractivity contribution in [3.05, 3.63) is 93.3 Å². The zero-order valence-corrected chi connectivity index (χ0v) is 19.0. The van der Waals surface area contributed by atoms with Crippen LogP contribution in [0.3, 0.4) is 0 Å². The first kappa shape index (κ1) is 24.4. The van der Waals surface area contributed by atoms with Crippen LogP contribution in [-0.4, -0.2) is 21.8 Å². The van der Waals surface area contributed by atoms with E-state index in [1.165, 1.54) is 12.1 Å². The molecule has 5 rings (SSSR count). The van der Waals surface area contributed by atoms with Crippen molar-refractivity contribution in [3.63, 3.8) is 0 Å². The molecule has 0 fully saturated rings. The number of halogens is 6. The summed E-state index contributed by atoms with van der Waals surface area (Å²) in [6, 6.07) is 5.12. The molecule has 13 heteroatoms.